The Morgan fingerprint density at radius 1 is 1.06 bits per heavy atom. The maximum Gasteiger partial charge on any atom is 0.321 e. The summed E-state index contributed by atoms with van der Waals surface area (Å²) in [5.41, 5.74) is 0. The number of carboxylic acids is 1. The van der Waals surface area contributed by atoms with Crippen LogP contribution in [0.3, 0.4) is 0 Å². The van der Waals surface area contributed by atoms with Crippen LogP contribution in [0.1, 0.15) is 25.7 Å². The molecule has 2 saturated carbocycles. The molecule has 0 aromatic rings. The van der Waals surface area contributed by atoms with Gasteiger partial charge in [0, 0.05) is 32.2 Å². The minimum atomic E-state index is -0.609. The summed E-state index contributed by atoms with van der Waals surface area (Å²) in [6.45, 7) is 4.04. The van der Waals surface area contributed by atoms with Crippen molar-refractivity contribution in [3.05, 3.63) is 0 Å². The molecule has 0 radical (unpaired) electrons. The van der Waals surface area contributed by atoms with Gasteiger partial charge in [-0.05, 0) is 31.6 Å². The summed E-state index contributed by atoms with van der Waals surface area (Å²) in [6, 6.07) is 0.632. The Balaban J connectivity index is 1.56. The first-order valence-corrected chi connectivity index (χ1v) is 6.46. The number of carboxylic acid groups (broad SMARTS) is 1. The normalized spacial score (nSPS) is 30.2. The molecule has 0 amide bonds. The van der Waals surface area contributed by atoms with Crippen LogP contribution in [0, 0.1) is 5.92 Å². The van der Waals surface area contributed by atoms with E-state index in [1.165, 1.54) is 12.8 Å². The molecule has 90 valence electrons. The smallest absolute Gasteiger partial charge is 0.321 e. The average molecular weight is 224 g/mol. The Morgan fingerprint density at radius 3 is 2.12 bits per heavy atom. The number of nitrogens with zero attached hydrogens (tertiary/aromatic N) is 2. The second kappa shape index (κ2) is 4.00. The fourth-order valence-electron chi connectivity index (χ4n) is 2.89. The Labute approximate surface area is 96.2 Å². The first kappa shape index (κ1) is 10.5. The van der Waals surface area contributed by atoms with Crippen LogP contribution in [0.5, 0.6) is 0 Å². The van der Waals surface area contributed by atoms with Gasteiger partial charge in [0.05, 0.1) is 0 Å². The van der Waals surface area contributed by atoms with Gasteiger partial charge in [0.1, 0.15) is 6.04 Å². The quantitative estimate of drug-likeness (QED) is 0.760. The maximum atomic E-state index is 11.3. The van der Waals surface area contributed by atoms with Gasteiger partial charge in [-0.2, -0.15) is 0 Å². The highest BCUT2D eigenvalue weighted by Gasteiger charge is 2.42. The van der Waals surface area contributed by atoms with E-state index in [2.05, 4.69) is 9.80 Å². The first-order valence-electron chi connectivity index (χ1n) is 6.46. The van der Waals surface area contributed by atoms with E-state index in [0.717, 1.165) is 45.1 Å². The van der Waals surface area contributed by atoms with Crippen LogP contribution in [-0.2, 0) is 4.79 Å². The van der Waals surface area contributed by atoms with Gasteiger partial charge < -0.3 is 5.11 Å². The Hall–Kier alpha value is -0.610. The number of carbonyl (C=O) groups is 1. The molecule has 1 aliphatic heterocycles. The third-order valence-electron chi connectivity index (χ3n) is 4.13. The van der Waals surface area contributed by atoms with Gasteiger partial charge in [-0.25, -0.2) is 0 Å². The van der Waals surface area contributed by atoms with Crippen molar-refractivity contribution in [3.63, 3.8) is 0 Å². The molecule has 0 bridgehead atoms. The maximum absolute atomic E-state index is 11.3. The highest BCUT2D eigenvalue weighted by Crippen LogP contribution is 2.36. The predicted molar refractivity (Wildman–Crippen MR) is 60.3 cm³/mol. The Morgan fingerprint density at radius 2 is 1.69 bits per heavy atom. The lowest BCUT2D eigenvalue weighted by molar-refractivity contribution is -0.145. The number of hydrogen-bond acceptors (Lipinski definition) is 3. The van der Waals surface area contributed by atoms with Crippen molar-refractivity contribution >= 4 is 5.97 Å². The van der Waals surface area contributed by atoms with Crippen molar-refractivity contribution in [2.75, 3.05) is 26.2 Å². The zero-order chi connectivity index (χ0) is 11.1. The van der Waals surface area contributed by atoms with Crippen LogP contribution in [-0.4, -0.2) is 59.1 Å². The molecule has 1 atom stereocenters. The SMILES string of the molecule is O=C(O)C(C1CC1)N1CCN(C2CC2)CC1. The van der Waals surface area contributed by atoms with E-state index in [0.29, 0.717) is 5.92 Å². The standard InChI is InChI=1S/C12H20N2O2/c15-12(16)11(9-1-2-9)14-7-5-13(6-8-14)10-3-4-10/h9-11H,1-8H2,(H,15,16). The molecule has 0 spiro atoms. The summed E-state index contributed by atoms with van der Waals surface area (Å²) in [4.78, 5) is 16.0. The molecule has 1 unspecified atom stereocenters. The Kier molecular flexibility index (Phi) is 2.64. The summed E-state index contributed by atoms with van der Waals surface area (Å²) in [5.74, 6) is -0.174. The fraction of sp³-hybridized carbons (Fsp3) is 0.917. The largest absolute Gasteiger partial charge is 0.480 e. The summed E-state index contributed by atoms with van der Waals surface area (Å²) in [5, 5.41) is 9.27. The topological polar surface area (TPSA) is 43.8 Å². The molecule has 1 N–H and O–H groups in total. The molecule has 1 heterocycles. The summed E-state index contributed by atoms with van der Waals surface area (Å²) in [6.07, 6.45) is 4.93. The van der Waals surface area contributed by atoms with E-state index in [1.54, 1.807) is 0 Å². The van der Waals surface area contributed by atoms with E-state index in [9.17, 15) is 9.90 Å². The molecule has 3 fully saturated rings. The van der Waals surface area contributed by atoms with Crippen LogP contribution < -0.4 is 0 Å². The minimum Gasteiger partial charge on any atom is -0.480 e. The third kappa shape index (κ3) is 2.09. The predicted octanol–water partition coefficient (Wildman–Crippen LogP) is 0.630. The molecule has 16 heavy (non-hydrogen) atoms. The van der Waals surface area contributed by atoms with E-state index in [1.807, 2.05) is 0 Å². The third-order valence-corrected chi connectivity index (χ3v) is 4.13. The molecule has 1 saturated heterocycles. The van der Waals surface area contributed by atoms with Crippen LogP contribution in [0.25, 0.3) is 0 Å². The van der Waals surface area contributed by atoms with Crippen LogP contribution in [0.4, 0.5) is 0 Å². The molecule has 4 nitrogen and oxygen atoms in total. The number of rotatable bonds is 4. The van der Waals surface area contributed by atoms with Crippen molar-refractivity contribution in [1.29, 1.82) is 0 Å². The number of aliphatic carboxylic acids is 1. The molecule has 2 aliphatic carbocycles. The molecule has 0 aromatic carbocycles. The van der Waals surface area contributed by atoms with Gasteiger partial charge in [0.2, 0.25) is 0 Å². The van der Waals surface area contributed by atoms with Crippen LogP contribution >= 0.6 is 0 Å². The second-order valence-electron chi connectivity index (χ2n) is 5.42. The number of hydrogen-bond donors (Lipinski definition) is 1. The van der Waals surface area contributed by atoms with E-state index in [-0.39, 0.29) is 6.04 Å². The number of piperazine rings is 1. The van der Waals surface area contributed by atoms with Crippen molar-refractivity contribution in [2.24, 2.45) is 5.92 Å². The van der Waals surface area contributed by atoms with Gasteiger partial charge in [0.15, 0.2) is 0 Å². The zero-order valence-electron chi connectivity index (χ0n) is 9.64. The van der Waals surface area contributed by atoms with Gasteiger partial charge in [-0.1, -0.05) is 0 Å². The van der Waals surface area contributed by atoms with Crippen molar-refractivity contribution in [2.45, 2.75) is 37.8 Å². The summed E-state index contributed by atoms with van der Waals surface area (Å²) >= 11 is 0. The molecule has 4 heteroatoms. The van der Waals surface area contributed by atoms with Crippen molar-refractivity contribution in [1.82, 2.24) is 9.80 Å². The van der Waals surface area contributed by atoms with Crippen molar-refractivity contribution < 1.29 is 9.90 Å². The zero-order valence-corrected chi connectivity index (χ0v) is 9.64. The van der Waals surface area contributed by atoms with Crippen molar-refractivity contribution in [3.8, 4) is 0 Å². The highest BCUT2D eigenvalue weighted by atomic mass is 16.4. The lowest BCUT2D eigenvalue weighted by Gasteiger charge is -2.37. The summed E-state index contributed by atoms with van der Waals surface area (Å²) in [7, 11) is 0. The molecule has 3 aliphatic rings. The average Bonchev–Trinajstić information content (AvgIpc) is 3.13. The van der Waals surface area contributed by atoms with E-state index < -0.39 is 5.97 Å². The fourth-order valence-corrected chi connectivity index (χ4v) is 2.89. The molecular formula is C12H20N2O2. The Bertz CT molecular complexity index is 279. The van der Waals surface area contributed by atoms with Gasteiger partial charge in [-0.15, -0.1) is 0 Å². The first-order chi connectivity index (χ1) is 7.75. The lowest BCUT2D eigenvalue weighted by atomic mass is 10.1. The molecule has 3 rings (SSSR count). The molecular weight excluding hydrogens is 204 g/mol. The van der Waals surface area contributed by atoms with E-state index in [4.69, 9.17) is 0 Å². The van der Waals surface area contributed by atoms with E-state index >= 15 is 0 Å². The van der Waals surface area contributed by atoms with Crippen LogP contribution in [0.15, 0.2) is 0 Å². The monoisotopic (exact) mass is 224 g/mol. The van der Waals surface area contributed by atoms with Crippen LogP contribution in [0.2, 0.25) is 0 Å². The highest BCUT2D eigenvalue weighted by molar-refractivity contribution is 5.74. The molecule has 0 aromatic heterocycles. The van der Waals surface area contributed by atoms with Gasteiger partial charge in [0.25, 0.3) is 0 Å². The summed E-state index contributed by atoms with van der Waals surface area (Å²) < 4.78 is 0. The van der Waals surface area contributed by atoms with Gasteiger partial charge >= 0.3 is 5.97 Å². The lowest BCUT2D eigenvalue weighted by Crippen LogP contribution is -2.53. The van der Waals surface area contributed by atoms with Gasteiger partial charge in [-0.3, -0.25) is 14.6 Å². The minimum absolute atomic E-state index is 0.193. The second-order valence-corrected chi connectivity index (χ2v) is 5.42.